The number of benzene rings is 4. The molecule has 0 aliphatic carbocycles. The molecule has 1 amide bonds. The number of carboxylic acids is 1. The Morgan fingerprint density at radius 2 is 1.52 bits per heavy atom. The van der Waals surface area contributed by atoms with E-state index in [1.807, 2.05) is 78.9 Å². The van der Waals surface area contributed by atoms with E-state index in [2.05, 4.69) is 12.2 Å². The fraction of sp³-hybridized carbons (Fsp3) is 0.257. The van der Waals surface area contributed by atoms with Crippen LogP contribution >= 0.6 is 46.6 Å². The van der Waals surface area contributed by atoms with Gasteiger partial charge in [0, 0.05) is 28.7 Å². The van der Waals surface area contributed by atoms with E-state index in [0.717, 1.165) is 33.4 Å². The average molecular weight is 701 g/mol. The third kappa shape index (κ3) is 8.25. The van der Waals surface area contributed by atoms with Crippen molar-refractivity contribution in [2.24, 2.45) is 5.92 Å². The number of amides is 1. The highest BCUT2D eigenvalue weighted by atomic mass is 35.6. The molecular formula is C35H32Cl3NO6S. The molecule has 46 heavy (non-hydrogen) atoms. The Hall–Kier alpha value is -3.08. The minimum atomic E-state index is -2.05. The van der Waals surface area contributed by atoms with Crippen LogP contribution in [0.15, 0.2) is 102 Å². The molecule has 4 aromatic rings. The molecule has 1 aliphatic rings. The fourth-order valence-electron chi connectivity index (χ4n) is 5.30. The van der Waals surface area contributed by atoms with E-state index >= 15 is 0 Å². The number of carbonyl (C=O) groups is 2. The lowest BCUT2D eigenvalue weighted by molar-refractivity contribution is -0.268. The van der Waals surface area contributed by atoms with Gasteiger partial charge in [-0.05, 0) is 39.9 Å². The highest BCUT2D eigenvalue weighted by molar-refractivity contribution is 7.99. The lowest BCUT2D eigenvalue weighted by Crippen LogP contribution is -2.38. The maximum atomic E-state index is 12.1. The van der Waals surface area contributed by atoms with Crippen molar-refractivity contribution >= 4 is 58.4 Å². The summed E-state index contributed by atoms with van der Waals surface area (Å²) in [5.41, 5.74) is 5.51. The molecule has 1 heterocycles. The first-order valence-corrected chi connectivity index (χ1v) is 16.7. The first kappa shape index (κ1) is 34.3. The van der Waals surface area contributed by atoms with Gasteiger partial charge in [0.15, 0.2) is 6.29 Å². The molecule has 1 saturated heterocycles. The number of halogens is 3. The largest absolute Gasteiger partial charge is 0.478 e. The Labute approximate surface area is 286 Å². The predicted molar refractivity (Wildman–Crippen MR) is 181 cm³/mol. The number of aliphatic hydroxyl groups is 1. The van der Waals surface area contributed by atoms with Crippen molar-refractivity contribution in [1.82, 2.24) is 5.32 Å². The summed E-state index contributed by atoms with van der Waals surface area (Å²) in [5.74, 6) is -1.22. The molecule has 3 N–H and O–H groups in total. The van der Waals surface area contributed by atoms with Crippen LogP contribution in [0.4, 0.5) is 0 Å². The maximum Gasteiger partial charge on any atom is 0.336 e. The zero-order valence-electron chi connectivity index (χ0n) is 24.7. The second-order valence-corrected chi connectivity index (χ2v) is 14.2. The molecule has 7 nitrogen and oxygen atoms in total. The molecule has 4 atom stereocenters. The molecule has 0 bridgehead atoms. The number of aliphatic hydroxyl groups excluding tert-OH is 1. The van der Waals surface area contributed by atoms with Gasteiger partial charge in [0.25, 0.3) is 9.70 Å². The number of ether oxygens (including phenoxy) is 2. The van der Waals surface area contributed by atoms with Crippen LogP contribution in [0.25, 0.3) is 11.1 Å². The van der Waals surface area contributed by atoms with Gasteiger partial charge in [-0.15, -0.1) is 11.8 Å². The van der Waals surface area contributed by atoms with Gasteiger partial charge >= 0.3 is 5.97 Å². The third-order valence-electron chi connectivity index (χ3n) is 7.85. The minimum absolute atomic E-state index is 0.0515. The molecule has 0 saturated carbocycles. The minimum Gasteiger partial charge on any atom is -0.478 e. The van der Waals surface area contributed by atoms with E-state index < -0.39 is 22.0 Å². The van der Waals surface area contributed by atoms with Crippen LogP contribution in [0.3, 0.4) is 0 Å². The summed E-state index contributed by atoms with van der Waals surface area (Å²) in [7, 11) is 0. The number of carbonyl (C=O) groups excluding carboxylic acids is 1. The number of rotatable bonds is 10. The summed E-state index contributed by atoms with van der Waals surface area (Å²) < 4.78 is 11.1. The van der Waals surface area contributed by atoms with Gasteiger partial charge in [-0.25, -0.2) is 4.79 Å². The quantitative estimate of drug-likeness (QED) is 0.113. The normalized spacial score (nSPS) is 19.8. The van der Waals surface area contributed by atoms with Crippen LogP contribution in [0.5, 0.6) is 0 Å². The van der Waals surface area contributed by atoms with Gasteiger partial charge in [0.2, 0.25) is 0 Å². The van der Waals surface area contributed by atoms with Crippen LogP contribution in [-0.4, -0.2) is 37.7 Å². The summed E-state index contributed by atoms with van der Waals surface area (Å²) in [5, 5.41) is 21.9. The van der Waals surface area contributed by atoms with Crippen molar-refractivity contribution in [2.45, 2.75) is 47.3 Å². The Morgan fingerprint density at radius 3 is 2.20 bits per heavy atom. The van der Waals surface area contributed by atoms with Crippen LogP contribution in [-0.2, 0) is 27.4 Å². The molecule has 0 unspecified atom stereocenters. The van der Waals surface area contributed by atoms with Crippen molar-refractivity contribution in [1.29, 1.82) is 0 Å². The molecule has 0 radical (unpaired) electrons. The van der Waals surface area contributed by atoms with Gasteiger partial charge < -0.3 is 25.0 Å². The zero-order chi connectivity index (χ0) is 32.8. The molecule has 1 fully saturated rings. The number of alkyl halides is 3. The molecular weight excluding hydrogens is 669 g/mol. The number of hydrogen-bond acceptors (Lipinski definition) is 6. The number of hydrogen-bond donors (Lipinski definition) is 3. The number of aromatic carboxylic acids is 1. The molecule has 0 spiro atoms. The monoisotopic (exact) mass is 699 g/mol. The first-order valence-electron chi connectivity index (χ1n) is 14.5. The second-order valence-electron chi connectivity index (χ2n) is 10.9. The predicted octanol–water partition coefficient (Wildman–Crippen LogP) is 8.11. The molecule has 11 heteroatoms. The topological polar surface area (TPSA) is 105 Å². The van der Waals surface area contributed by atoms with Crippen molar-refractivity contribution in [3.8, 4) is 11.1 Å². The molecule has 1 aliphatic heterocycles. The lowest BCUT2D eigenvalue weighted by atomic mass is 9.91. The van der Waals surface area contributed by atoms with Crippen LogP contribution in [0.2, 0.25) is 0 Å². The highest BCUT2D eigenvalue weighted by Gasteiger charge is 2.38. The standard InChI is InChI=1S/C35H32Cl3NO6S/c1-21-29(20-46-30-9-5-4-8-28(30)32(41)42)44-33(45-31(21)24-12-10-22(19-40)11-13-24)25-16-14-23(15-17-25)27-7-3-2-6-26(27)18-39-34(43)35(36,37)38/h2-17,21,29,31,33,40H,18-20H2,1H3,(H,39,43)(H,41,42)/t21-,29+,31+,33+/m1/s1. The van der Waals surface area contributed by atoms with Crippen LogP contribution < -0.4 is 5.32 Å². The van der Waals surface area contributed by atoms with Crippen molar-refractivity contribution in [2.75, 3.05) is 5.75 Å². The summed E-state index contributed by atoms with van der Waals surface area (Å²) in [6.45, 7) is 2.19. The Balaban J connectivity index is 1.39. The van der Waals surface area contributed by atoms with E-state index in [9.17, 15) is 19.8 Å². The number of nitrogens with one attached hydrogen (secondary N) is 1. The average Bonchev–Trinajstić information content (AvgIpc) is 3.06. The highest BCUT2D eigenvalue weighted by Crippen LogP contribution is 2.43. The van der Waals surface area contributed by atoms with Gasteiger partial charge in [-0.2, -0.15) is 0 Å². The van der Waals surface area contributed by atoms with E-state index in [0.29, 0.717) is 10.6 Å². The molecule has 5 rings (SSSR count). The zero-order valence-corrected chi connectivity index (χ0v) is 27.8. The van der Waals surface area contributed by atoms with Gasteiger partial charge in [-0.3, -0.25) is 4.79 Å². The van der Waals surface area contributed by atoms with E-state index in [1.165, 1.54) is 11.8 Å². The summed E-state index contributed by atoms with van der Waals surface area (Å²) in [6.07, 6.45) is -1.27. The summed E-state index contributed by atoms with van der Waals surface area (Å²) >= 11 is 18.6. The van der Waals surface area contributed by atoms with Crippen LogP contribution in [0, 0.1) is 5.92 Å². The van der Waals surface area contributed by atoms with Crippen molar-refractivity contribution in [3.63, 3.8) is 0 Å². The molecule has 0 aromatic heterocycles. The molecule has 4 aromatic carbocycles. The van der Waals surface area contributed by atoms with E-state index in [-0.39, 0.29) is 36.8 Å². The Morgan fingerprint density at radius 1 is 0.870 bits per heavy atom. The Bertz CT molecular complexity index is 1660. The van der Waals surface area contributed by atoms with Gasteiger partial charge in [0.1, 0.15) is 0 Å². The van der Waals surface area contributed by atoms with Crippen molar-refractivity contribution < 1.29 is 29.3 Å². The van der Waals surface area contributed by atoms with Crippen molar-refractivity contribution in [3.05, 3.63) is 125 Å². The van der Waals surface area contributed by atoms with E-state index in [1.54, 1.807) is 18.2 Å². The molecule has 240 valence electrons. The SMILES string of the molecule is C[C@@H]1[C@H](CSc2ccccc2C(=O)O)O[C@H](c2ccc(-c3ccccc3CNC(=O)C(Cl)(Cl)Cl)cc2)O[C@@H]1c1ccc(CO)cc1. The van der Waals surface area contributed by atoms with Crippen LogP contribution in [0.1, 0.15) is 51.9 Å². The van der Waals surface area contributed by atoms with E-state index in [4.69, 9.17) is 44.3 Å². The summed E-state index contributed by atoms with van der Waals surface area (Å²) in [6, 6.07) is 30.1. The summed E-state index contributed by atoms with van der Waals surface area (Å²) in [4.78, 5) is 24.6. The Kier molecular flexibility index (Phi) is 11.3. The number of carboxylic acid groups (broad SMARTS) is 1. The smallest absolute Gasteiger partial charge is 0.336 e. The second kappa shape index (κ2) is 15.2. The third-order valence-corrected chi connectivity index (χ3v) is 9.53. The fourth-order valence-corrected chi connectivity index (χ4v) is 6.71. The first-order chi connectivity index (χ1) is 22.0. The number of thioether (sulfide) groups is 1. The lowest BCUT2D eigenvalue weighted by Gasteiger charge is -2.41. The van der Waals surface area contributed by atoms with Gasteiger partial charge in [0.05, 0.1) is 24.4 Å². The van der Waals surface area contributed by atoms with Gasteiger partial charge in [-0.1, -0.05) is 127 Å². The maximum absolute atomic E-state index is 12.1.